The highest BCUT2D eigenvalue weighted by atomic mass is 35.5. The highest BCUT2D eigenvalue weighted by Gasteiger charge is 2.07. The third kappa shape index (κ3) is 5.88. The number of aromatic nitrogens is 3. The fraction of sp³-hybridized carbons (Fsp3) is 0.400. The minimum Gasteiger partial charge on any atom is -0.497 e. The molecule has 3 N–H and O–H groups in total. The van der Waals surface area contributed by atoms with Crippen LogP contribution in [-0.2, 0) is 11.3 Å². The normalized spacial score (nSPS) is 10.0. The van der Waals surface area contributed by atoms with Gasteiger partial charge in [-0.1, -0.05) is 0 Å². The second kappa shape index (κ2) is 9.81. The average molecular weight is 340 g/mol. The molecule has 0 atom stereocenters. The quantitative estimate of drug-likeness (QED) is 0.634. The van der Waals surface area contributed by atoms with Crippen LogP contribution in [0.3, 0.4) is 0 Å². The molecule has 0 aliphatic carbocycles. The van der Waals surface area contributed by atoms with Crippen LogP contribution in [0.5, 0.6) is 5.75 Å². The van der Waals surface area contributed by atoms with Crippen LogP contribution in [0.2, 0.25) is 0 Å². The molecule has 0 radical (unpaired) electrons. The maximum Gasteiger partial charge on any atom is 0.220 e. The molecular weight excluding hydrogens is 318 g/mol. The zero-order valence-electron chi connectivity index (χ0n) is 13.3. The summed E-state index contributed by atoms with van der Waals surface area (Å²) in [6, 6.07) is 7.49. The molecule has 1 heterocycles. The number of halogens is 1. The number of nitrogens with zero attached hydrogens (tertiary/aromatic N) is 2. The zero-order valence-corrected chi connectivity index (χ0v) is 14.1. The van der Waals surface area contributed by atoms with E-state index in [9.17, 15) is 4.79 Å². The molecule has 0 saturated carbocycles. The lowest BCUT2D eigenvalue weighted by atomic mass is 10.2. The van der Waals surface area contributed by atoms with Crippen molar-refractivity contribution in [2.24, 2.45) is 0 Å². The number of rotatable bonds is 8. The van der Waals surface area contributed by atoms with E-state index in [0.717, 1.165) is 24.3 Å². The van der Waals surface area contributed by atoms with Crippen LogP contribution in [0, 0.1) is 0 Å². The van der Waals surface area contributed by atoms with Crippen molar-refractivity contribution in [2.75, 3.05) is 20.7 Å². The highest BCUT2D eigenvalue weighted by molar-refractivity contribution is 5.85. The first-order chi connectivity index (χ1) is 10.7. The summed E-state index contributed by atoms with van der Waals surface area (Å²) in [7, 11) is 3.49. The predicted octanol–water partition coefficient (Wildman–Crippen LogP) is 1.52. The van der Waals surface area contributed by atoms with E-state index < -0.39 is 0 Å². The van der Waals surface area contributed by atoms with Crippen molar-refractivity contribution in [2.45, 2.75) is 19.4 Å². The summed E-state index contributed by atoms with van der Waals surface area (Å²) in [6.45, 7) is 1.18. The monoisotopic (exact) mass is 339 g/mol. The topological polar surface area (TPSA) is 91.9 Å². The van der Waals surface area contributed by atoms with Crippen LogP contribution in [0.1, 0.15) is 18.7 Å². The van der Waals surface area contributed by atoms with Crippen LogP contribution in [0.25, 0.3) is 11.4 Å². The molecule has 0 bridgehead atoms. The van der Waals surface area contributed by atoms with Crippen LogP contribution in [0.4, 0.5) is 0 Å². The Bertz CT molecular complexity index is 600. The maximum absolute atomic E-state index is 11.6. The van der Waals surface area contributed by atoms with Crippen LogP contribution < -0.4 is 15.4 Å². The maximum atomic E-state index is 11.6. The van der Waals surface area contributed by atoms with Crippen molar-refractivity contribution in [3.05, 3.63) is 30.1 Å². The summed E-state index contributed by atoms with van der Waals surface area (Å²) in [5.74, 6) is 2.03. The Labute approximate surface area is 141 Å². The Morgan fingerprint density at radius 1 is 1.30 bits per heavy atom. The first-order valence-electron chi connectivity index (χ1n) is 7.20. The Morgan fingerprint density at radius 3 is 2.70 bits per heavy atom. The van der Waals surface area contributed by atoms with Gasteiger partial charge < -0.3 is 15.4 Å². The number of carbonyl (C=O) groups is 1. The number of methoxy groups -OCH3 is 1. The van der Waals surface area contributed by atoms with Crippen LogP contribution in [-0.4, -0.2) is 41.8 Å². The van der Waals surface area contributed by atoms with E-state index in [1.165, 1.54) is 0 Å². The number of amides is 1. The molecule has 0 unspecified atom stereocenters. The minimum absolute atomic E-state index is 0. The molecule has 7 nitrogen and oxygen atoms in total. The fourth-order valence-corrected chi connectivity index (χ4v) is 1.94. The lowest BCUT2D eigenvalue weighted by Gasteiger charge is -2.02. The number of aromatic amines is 1. The summed E-state index contributed by atoms with van der Waals surface area (Å²) >= 11 is 0. The van der Waals surface area contributed by atoms with Gasteiger partial charge in [-0.3, -0.25) is 9.89 Å². The van der Waals surface area contributed by atoms with Gasteiger partial charge >= 0.3 is 0 Å². The van der Waals surface area contributed by atoms with Gasteiger partial charge in [0.15, 0.2) is 5.82 Å². The summed E-state index contributed by atoms with van der Waals surface area (Å²) in [5, 5.41) is 12.8. The molecule has 0 spiro atoms. The van der Waals surface area contributed by atoms with E-state index in [4.69, 9.17) is 4.74 Å². The van der Waals surface area contributed by atoms with Gasteiger partial charge in [-0.05, 0) is 44.3 Å². The third-order valence-corrected chi connectivity index (χ3v) is 3.16. The summed E-state index contributed by atoms with van der Waals surface area (Å²) in [6.07, 6.45) is 1.32. The van der Waals surface area contributed by atoms with Crippen LogP contribution >= 0.6 is 12.4 Å². The lowest BCUT2D eigenvalue weighted by molar-refractivity contribution is -0.121. The molecule has 0 aliphatic heterocycles. The molecule has 0 saturated heterocycles. The Kier molecular flexibility index (Phi) is 8.07. The second-order valence-corrected chi connectivity index (χ2v) is 4.82. The van der Waals surface area contributed by atoms with Crippen molar-refractivity contribution < 1.29 is 9.53 Å². The molecule has 23 heavy (non-hydrogen) atoms. The predicted molar refractivity (Wildman–Crippen MR) is 90.6 cm³/mol. The first-order valence-corrected chi connectivity index (χ1v) is 7.20. The second-order valence-electron chi connectivity index (χ2n) is 4.82. The SMILES string of the molecule is CNCCCC(=O)NCc1nc(-c2ccc(OC)cc2)n[nH]1.Cl. The number of ether oxygens (including phenoxy) is 1. The molecule has 2 aromatic rings. The smallest absolute Gasteiger partial charge is 0.220 e. The van der Waals surface area contributed by atoms with Gasteiger partial charge in [-0.15, -0.1) is 12.4 Å². The zero-order chi connectivity index (χ0) is 15.8. The van der Waals surface area contributed by atoms with Gasteiger partial charge in [0.1, 0.15) is 11.6 Å². The summed E-state index contributed by atoms with van der Waals surface area (Å²) in [4.78, 5) is 16.0. The van der Waals surface area contributed by atoms with Crippen LogP contribution in [0.15, 0.2) is 24.3 Å². The fourth-order valence-electron chi connectivity index (χ4n) is 1.94. The van der Waals surface area contributed by atoms with Gasteiger partial charge in [-0.2, -0.15) is 5.10 Å². The van der Waals surface area contributed by atoms with E-state index in [0.29, 0.717) is 24.6 Å². The average Bonchev–Trinajstić information content (AvgIpc) is 3.02. The molecule has 1 amide bonds. The number of hydrogen-bond donors (Lipinski definition) is 3. The molecule has 1 aromatic carbocycles. The molecule has 1 aromatic heterocycles. The van der Waals surface area contributed by atoms with Gasteiger partial charge in [0, 0.05) is 12.0 Å². The lowest BCUT2D eigenvalue weighted by Crippen LogP contribution is -2.24. The summed E-state index contributed by atoms with van der Waals surface area (Å²) in [5.41, 5.74) is 0.892. The molecular formula is C15H22ClN5O2. The van der Waals surface area contributed by atoms with E-state index >= 15 is 0 Å². The Morgan fingerprint density at radius 2 is 2.04 bits per heavy atom. The van der Waals surface area contributed by atoms with Gasteiger partial charge in [0.25, 0.3) is 0 Å². The van der Waals surface area contributed by atoms with Gasteiger partial charge in [-0.25, -0.2) is 4.98 Å². The van der Waals surface area contributed by atoms with Crippen molar-refractivity contribution in [1.82, 2.24) is 25.8 Å². The Hall–Kier alpha value is -2.12. The van der Waals surface area contributed by atoms with E-state index in [2.05, 4.69) is 25.8 Å². The van der Waals surface area contributed by atoms with E-state index in [-0.39, 0.29) is 18.3 Å². The van der Waals surface area contributed by atoms with E-state index in [1.807, 2.05) is 31.3 Å². The third-order valence-electron chi connectivity index (χ3n) is 3.16. The van der Waals surface area contributed by atoms with Crippen molar-refractivity contribution in [3.8, 4) is 17.1 Å². The van der Waals surface area contributed by atoms with Gasteiger partial charge in [0.05, 0.1) is 13.7 Å². The number of H-pyrrole nitrogens is 1. The number of hydrogen-bond acceptors (Lipinski definition) is 5. The molecule has 126 valence electrons. The Balaban J connectivity index is 0.00000264. The standard InChI is InChI=1S/C15H21N5O2.ClH/c1-16-9-3-4-14(21)17-10-13-18-15(20-19-13)11-5-7-12(22-2)8-6-11;/h5-8,16H,3-4,9-10H2,1-2H3,(H,17,21)(H,18,19,20);1H. The first kappa shape index (κ1) is 18.9. The number of nitrogens with one attached hydrogen (secondary N) is 3. The minimum atomic E-state index is 0. The number of benzene rings is 1. The van der Waals surface area contributed by atoms with E-state index in [1.54, 1.807) is 7.11 Å². The highest BCUT2D eigenvalue weighted by Crippen LogP contribution is 2.18. The molecule has 0 fully saturated rings. The van der Waals surface area contributed by atoms with Crippen molar-refractivity contribution >= 4 is 18.3 Å². The largest absolute Gasteiger partial charge is 0.497 e. The van der Waals surface area contributed by atoms with Gasteiger partial charge in [0.2, 0.25) is 5.91 Å². The van der Waals surface area contributed by atoms with Crippen molar-refractivity contribution in [1.29, 1.82) is 0 Å². The summed E-state index contributed by atoms with van der Waals surface area (Å²) < 4.78 is 5.11. The molecule has 8 heteroatoms. The molecule has 2 rings (SSSR count). The number of carbonyl (C=O) groups excluding carboxylic acids is 1. The van der Waals surface area contributed by atoms with Crippen molar-refractivity contribution in [3.63, 3.8) is 0 Å². The molecule has 0 aliphatic rings.